The molecule has 1 N–H and O–H groups in total. The molecule has 3 rings (SSSR count). The summed E-state index contributed by atoms with van der Waals surface area (Å²) in [5.74, 6) is -1.31. The van der Waals surface area contributed by atoms with Gasteiger partial charge in [-0.2, -0.15) is 0 Å². The molecule has 0 bridgehead atoms. The number of hydrogen-bond donors (Lipinski definition) is 1. The first kappa shape index (κ1) is 22.0. The Labute approximate surface area is 178 Å². The first-order valence-electron chi connectivity index (χ1n) is 9.55. The van der Waals surface area contributed by atoms with Crippen molar-refractivity contribution in [1.29, 1.82) is 0 Å². The molecule has 162 valence electrons. The van der Waals surface area contributed by atoms with E-state index in [0.29, 0.717) is 24.3 Å². The summed E-state index contributed by atoms with van der Waals surface area (Å²) in [6, 6.07) is 11.2. The second-order valence-electron chi connectivity index (χ2n) is 6.92. The summed E-state index contributed by atoms with van der Waals surface area (Å²) in [5.41, 5.74) is 0.615. The van der Waals surface area contributed by atoms with Crippen molar-refractivity contribution in [1.82, 2.24) is 4.90 Å². The minimum Gasteiger partial charge on any atom is -0.507 e. The lowest BCUT2D eigenvalue weighted by molar-refractivity contribution is -0.384. The van der Waals surface area contributed by atoms with Gasteiger partial charge in [-0.3, -0.25) is 19.7 Å². The maximum atomic E-state index is 12.9. The number of hydrogen-bond acceptors (Lipinski definition) is 7. The lowest BCUT2D eigenvalue weighted by Crippen LogP contribution is -2.31. The molecule has 1 amide bonds. The number of aliphatic hydroxyl groups is 1. The second-order valence-corrected chi connectivity index (χ2v) is 6.92. The Kier molecular flexibility index (Phi) is 6.66. The number of non-ortho nitro benzene ring substituents is 1. The van der Waals surface area contributed by atoms with Gasteiger partial charge in [0.25, 0.3) is 17.4 Å². The van der Waals surface area contributed by atoms with Crippen LogP contribution < -0.4 is 4.74 Å². The van der Waals surface area contributed by atoms with Crippen molar-refractivity contribution in [2.24, 2.45) is 0 Å². The number of carbonyl (C=O) groups excluding carboxylic acids is 2. The van der Waals surface area contributed by atoms with E-state index in [4.69, 9.17) is 9.47 Å². The number of methoxy groups -OCH3 is 2. The van der Waals surface area contributed by atoms with E-state index in [1.54, 1.807) is 31.4 Å². The number of nitrogens with zero attached hydrogens (tertiary/aromatic N) is 2. The average molecular weight is 426 g/mol. The quantitative estimate of drug-likeness (QED) is 0.172. The summed E-state index contributed by atoms with van der Waals surface area (Å²) in [7, 11) is 3.07. The van der Waals surface area contributed by atoms with Gasteiger partial charge in [-0.15, -0.1) is 0 Å². The van der Waals surface area contributed by atoms with E-state index >= 15 is 0 Å². The number of aliphatic hydroxyl groups excluding tert-OH is 1. The molecule has 1 aliphatic heterocycles. The van der Waals surface area contributed by atoms with Gasteiger partial charge in [-0.25, -0.2) is 0 Å². The Morgan fingerprint density at radius 1 is 1.10 bits per heavy atom. The number of nitro groups is 1. The van der Waals surface area contributed by atoms with E-state index in [1.165, 1.54) is 36.3 Å². The lowest BCUT2D eigenvalue weighted by atomic mass is 9.95. The number of ether oxygens (including phenoxy) is 2. The molecule has 2 aromatic rings. The Balaban J connectivity index is 2.09. The van der Waals surface area contributed by atoms with Crippen LogP contribution in [0.1, 0.15) is 23.6 Å². The average Bonchev–Trinajstić information content (AvgIpc) is 3.04. The van der Waals surface area contributed by atoms with Gasteiger partial charge in [0, 0.05) is 38.0 Å². The van der Waals surface area contributed by atoms with Gasteiger partial charge in [0.15, 0.2) is 0 Å². The van der Waals surface area contributed by atoms with Crippen molar-refractivity contribution in [3.63, 3.8) is 0 Å². The molecular weight excluding hydrogens is 404 g/mol. The molecule has 1 unspecified atom stereocenters. The number of ketones is 1. The van der Waals surface area contributed by atoms with Gasteiger partial charge in [0.05, 0.1) is 23.6 Å². The van der Waals surface area contributed by atoms with Crippen molar-refractivity contribution in [2.45, 2.75) is 12.5 Å². The maximum Gasteiger partial charge on any atom is 0.295 e. The molecule has 2 aromatic carbocycles. The highest BCUT2D eigenvalue weighted by Crippen LogP contribution is 2.40. The molecule has 0 spiro atoms. The standard InChI is InChI=1S/C22H22N2O7/c1-30-13-3-12-23-19(14-6-10-17(31-2)11-7-14)18(21(26)22(23)27)20(25)15-4-8-16(9-5-15)24(28)29/h4-11,19,25H,3,12-13H2,1-2H3/b20-18-. The number of rotatable bonds is 8. The Hall–Kier alpha value is -3.72. The summed E-state index contributed by atoms with van der Waals surface area (Å²) >= 11 is 0. The third kappa shape index (κ3) is 4.41. The van der Waals surface area contributed by atoms with Crippen molar-refractivity contribution in [3.8, 4) is 5.75 Å². The zero-order valence-electron chi connectivity index (χ0n) is 17.1. The molecule has 1 fully saturated rings. The molecule has 9 heteroatoms. The fraction of sp³-hybridized carbons (Fsp3) is 0.273. The van der Waals surface area contributed by atoms with Gasteiger partial charge in [0.2, 0.25) is 0 Å². The van der Waals surface area contributed by atoms with E-state index in [0.717, 1.165) is 0 Å². The monoisotopic (exact) mass is 426 g/mol. The third-order valence-corrected chi connectivity index (χ3v) is 5.07. The van der Waals surface area contributed by atoms with Crippen molar-refractivity contribution in [2.75, 3.05) is 27.4 Å². The number of nitro benzene ring substituents is 1. The van der Waals surface area contributed by atoms with Crippen molar-refractivity contribution < 1.29 is 29.1 Å². The molecule has 0 radical (unpaired) electrons. The van der Waals surface area contributed by atoms with Gasteiger partial charge in [-0.05, 0) is 36.2 Å². The highest BCUT2D eigenvalue weighted by molar-refractivity contribution is 6.46. The van der Waals surface area contributed by atoms with Crippen LogP contribution in [0.3, 0.4) is 0 Å². The number of Topliss-reactive ketones (excluding diaryl/α,β-unsaturated/α-hetero) is 1. The number of benzene rings is 2. The molecule has 0 saturated carbocycles. The third-order valence-electron chi connectivity index (χ3n) is 5.07. The van der Waals surface area contributed by atoms with Crippen LogP contribution in [0.4, 0.5) is 5.69 Å². The van der Waals surface area contributed by atoms with Crippen LogP contribution in [0, 0.1) is 10.1 Å². The highest BCUT2D eigenvalue weighted by atomic mass is 16.6. The maximum absolute atomic E-state index is 12.9. The Bertz CT molecular complexity index is 1010. The van der Waals surface area contributed by atoms with Gasteiger partial charge < -0.3 is 19.5 Å². The summed E-state index contributed by atoms with van der Waals surface area (Å²) < 4.78 is 10.2. The van der Waals surface area contributed by atoms with E-state index in [9.17, 15) is 24.8 Å². The van der Waals surface area contributed by atoms with Crippen LogP contribution in [0.2, 0.25) is 0 Å². The molecule has 9 nitrogen and oxygen atoms in total. The molecule has 1 heterocycles. The summed E-state index contributed by atoms with van der Waals surface area (Å²) in [6.07, 6.45) is 0.508. The van der Waals surface area contributed by atoms with E-state index in [-0.39, 0.29) is 29.1 Å². The van der Waals surface area contributed by atoms with Gasteiger partial charge in [-0.1, -0.05) is 12.1 Å². The first-order valence-corrected chi connectivity index (χ1v) is 9.55. The van der Waals surface area contributed by atoms with Crippen LogP contribution in [-0.4, -0.2) is 54.0 Å². The topological polar surface area (TPSA) is 119 Å². The highest BCUT2D eigenvalue weighted by Gasteiger charge is 2.45. The Morgan fingerprint density at radius 3 is 2.29 bits per heavy atom. The summed E-state index contributed by atoms with van der Waals surface area (Å²) in [5, 5.41) is 21.8. The predicted molar refractivity (Wildman–Crippen MR) is 112 cm³/mol. The van der Waals surface area contributed by atoms with Crippen LogP contribution in [-0.2, 0) is 14.3 Å². The molecule has 0 aliphatic carbocycles. The molecule has 0 aromatic heterocycles. The zero-order valence-corrected chi connectivity index (χ0v) is 17.1. The van der Waals surface area contributed by atoms with Crippen molar-refractivity contribution >= 4 is 23.1 Å². The van der Waals surface area contributed by atoms with Crippen molar-refractivity contribution in [3.05, 3.63) is 75.3 Å². The first-order chi connectivity index (χ1) is 14.9. The van der Waals surface area contributed by atoms with E-state index in [1.807, 2.05) is 0 Å². The normalized spacial score (nSPS) is 17.7. The van der Waals surface area contributed by atoms with Gasteiger partial charge >= 0.3 is 0 Å². The van der Waals surface area contributed by atoms with Crippen LogP contribution in [0.5, 0.6) is 5.75 Å². The SMILES string of the molecule is COCCCN1C(=O)C(=O)/C(=C(\O)c2ccc([N+](=O)[O-])cc2)C1c1ccc(OC)cc1. The molecule has 1 aliphatic rings. The predicted octanol–water partition coefficient (Wildman–Crippen LogP) is 3.06. The van der Waals surface area contributed by atoms with E-state index in [2.05, 4.69) is 0 Å². The van der Waals surface area contributed by atoms with Gasteiger partial charge in [0.1, 0.15) is 11.5 Å². The molecule has 1 atom stereocenters. The van der Waals surface area contributed by atoms with Crippen LogP contribution in [0.25, 0.3) is 5.76 Å². The number of amides is 1. The minimum atomic E-state index is -0.811. The molecular formula is C22H22N2O7. The lowest BCUT2D eigenvalue weighted by Gasteiger charge is -2.25. The minimum absolute atomic E-state index is 0.0681. The molecule has 1 saturated heterocycles. The largest absolute Gasteiger partial charge is 0.507 e. The zero-order chi connectivity index (χ0) is 22.5. The molecule has 31 heavy (non-hydrogen) atoms. The Morgan fingerprint density at radius 2 is 1.74 bits per heavy atom. The van der Waals surface area contributed by atoms with Crippen LogP contribution >= 0.6 is 0 Å². The number of carbonyl (C=O) groups is 2. The smallest absolute Gasteiger partial charge is 0.295 e. The number of likely N-dealkylation sites (tertiary alicyclic amines) is 1. The van der Waals surface area contributed by atoms with E-state index < -0.39 is 22.7 Å². The second kappa shape index (κ2) is 9.40. The summed E-state index contributed by atoms with van der Waals surface area (Å²) in [4.78, 5) is 37.4. The van der Waals surface area contributed by atoms with Crippen LogP contribution in [0.15, 0.2) is 54.1 Å². The fourth-order valence-electron chi connectivity index (χ4n) is 3.52. The fourth-order valence-corrected chi connectivity index (χ4v) is 3.52. The summed E-state index contributed by atoms with van der Waals surface area (Å²) in [6.45, 7) is 0.660.